The Balaban J connectivity index is 0.00000128. The van der Waals surface area contributed by atoms with Gasteiger partial charge in [-0.2, -0.15) is 0 Å². The average molecular weight is 262 g/mol. The number of hydrogen-bond acceptors (Lipinski definition) is 2. The molecule has 1 N–H and O–H groups in total. The summed E-state index contributed by atoms with van der Waals surface area (Å²) in [7, 11) is 0. The van der Waals surface area contributed by atoms with E-state index >= 15 is 0 Å². The summed E-state index contributed by atoms with van der Waals surface area (Å²) < 4.78 is 0.729. The molecule has 1 heterocycles. The first kappa shape index (κ1) is 13.7. The first-order chi connectivity index (χ1) is 7.16. The molecule has 1 radical (unpaired) electrons. The van der Waals surface area contributed by atoms with Crippen molar-refractivity contribution in [1.29, 1.82) is 0 Å². The van der Waals surface area contributed by atoms with Gasteiger partial charge in [0.2, 0.25) is 0 Å². The van der Waals surface area contributed by atoms with Crippen LogP contribution in [0.3, 0.4) is 0 Å². The van der Waals surface area contributed by atoms with E-state index in [-0.39, 0.29) is 29.6 Å². The molecule has 0 aliphatic carbocycles. The third-order valence-corrected chi connectivity index (χ3v) is 3.27. The molecule has 0 atom stereocenters. The summed E-state index contributed by atoms with van der Waals surface area (Å²) in [5, 5.41) is 8.73. The van der Waals surface area contributed by atoms with Gasteiger partial charge in [0, 0.05) is 34.4 Å². The summed E-state index contributed by atoms with van der Waals surface area (Å²) in [5.74, 6) is -0.911. The van der Waals surface area contributed by atoms with E-state index in [1.54, 1.807) is 24.3 Å². The van der Waals surface area contributed by atoms with E-state index in [9.17, 15) is 4.79 Å². The van der Waals surface area contributed by atoms with E-state index < -0.39 is 5.97 Å². The van der Waals surface area contributed by atoms with E-state index in [1.165, 1.54) is 11.3 Å². The van der Waals surface area contributed by atoms with Crippen molar-refractivity contribution in [2.24, 2.45) is 0 Å². The van der Waals surface area contributed by atoms with Crippen LogP contribution in [0, 0.1) is 0 Å². The van der Waals surface area contributed by atoms with Crippen LogP contribution in [0.25, 0.3) is 10.4 Å². The van der Waals surface area contributed by atoms with Crippen LogP contribution >= 0.6 is 22.9 Å². The van der Waals surface area contributed by atoms with E-state index in [4.69, 9.17) is 16.7 Å². The summed E-state index contributed by atoms with van der Waals surface area (Å²) in [6, 6.07) is 10.5. The van der Waals surface area contributed by atoms with Gasteiger partial charge in [-0.15, -0.1) is 11.3 Å². The topological polar surface area (TPSA) is 37.3 Å². The molecule has 2 nitrogen and oxygen atoms in total. The van der Waals surface area contributed by atoms with Crippen molar-refractivity contribution in [3.05, 3.63) is 46.3 Å². The molecule has 0 fully saturated rings. The molecule has 0 saturated carbocycles. The Morgan fingerprint density at radius 3 is 2.19 bits per heavy atom. The second-order valence-electron chi connectivity index (χ2n) is 2.99. The Morgan fingerprint density at radius 2 is 1.75 bits per heavy atom. The molecule has 0 aliphatic heterocycles. The van der Waals surface area contributed by atoms with Gasteiger partial charge in [-0.05, 0) is 29.8 Å². The average Bonchev–Trinajstić information content (AvgIpc) is 2.65. The first-order valence-corrected chi connectivity index (χ1v) is 5.45. The van der Waals surface area contributed by atoms with E-state index in [0.29, 0.717) is 5.56 Å². The van der Waals surface area contributed by atoms with Crippen LogP contribution in [0.4, 0.5) is 0 Å². The normalized spacial score (nSPS) is 9.56. The summed E-state index contributed by atoms with van der Waals surface area (Å²) in [5.41, 5.74) is 1.28. The number of benzene rings is 1. The molecule has 0 bridgehead atoms. The summed E-state index contributed by atoms with van der Waals surface area (Å²) in [4.78, 5) is 11.7. The third kappa shape index (κ3) is 3.09. The Bertz CT molecular complexity index is 493. The maximum atomic E-state index is 10.6. The Hall–Kier alpha value is -0.320. The SMILES string of the molecule is O=C(O)c1ccc(-c2ccc(Cl)s2)cc1.[Na]. The molecule has 0 spiro atoms. The molecule has 0 unspecified atom stereocenters. The maximum absolute atomic E-state index is 10.6. The quantitative estimate of drug-likeness (QED) is 0.842. The monoisotopic (exact) mass is 261 g/mol. The Morgan fingerprint density at radius 1 is 1.12 bits per heavy atom. The molecule has 1 aromatic carbocycles. The molecule has 1 aromatic heterocycles. The zero-order chi connectivity index (χ0) is 10.8. The largest absolute Gasteiger partial charge is 0.478 e. The number of aromatic carboxylic acids is 1. The number of carbonyl (C=O) groups is 1. The van der Waals surface area contributed by atoms with Crippen molar-refractivity contribution < 1.29 is 9.90 Å². The minimum atomic E-state index is -0.911. The maximum Gasteiger partial charge on any atom is 0.335 e. The minimum absolute atomic E-state index is 0. The second-order valence-corrected chi connectivity index (χ2v) is 4.70. The van der Waals surface area contributed by atoms with Crippen molar-refractivity contribution in [3.8, 4) is 10.4 Å². The van der Waals surface area contributed by atoms with Crippen molar-refractivity contribution in [2.45, 2.75) is 0 Å². The van der Waals surface area contributed by atoms with E-state index in [0.717, 1.165) is 14.8 Å². The molecule has 5 heteroatoms. The van der Waals surface area contributed by atoms with Crippen molar-refractivity contribution in [3.63, 3.8) is 0 Å². The number of hydrogen-bond donors (Lipinski definition) is 1. The molecule has 0 amide bonds. The van der Waals surface area contributed by atoms with Gasteiger partial charge in [-0.1, -0.05) is 23.7 Å². The molecular formula is C11H7ClNaO2S. The standard InChI is InChI=1S/C11H7ClO2S.Na/c12-10-6-5-9(15-10)7-1-3-8(4-2-7)11(13)14;/h1-6H,(H,13,14);. The molecule has 0 aliphatic rings. The second kappa shape index (κ2) is 5.84. The van der Waals surface area contributed by atoms with Gasteiger partial charge in [0.05, 0.1) is 9.90 Å². The van der Waals surface area contributed by atoms with Crippen LogP contribution in [0.1, 0.15) is 10.4 Å². The van der Waals surface area contributed by atoms with Gasteiger partial charge in [0.1, 0.15) is 0 Å². The number of thiophene rings is 1. The van der Waals surface area contributed by atoms with Crippen molar-refractivity contribution >= 4 is 58.5 Å². The minimum Gasteiger partial charge on any atom is -0.478 e. The summed E-state index contributed by atoms with van der Waals surface area (Å²) in [6.45, 7) is 0. The Kier molecular flexibility index (Phi) is 5.02. The molecule has 2 rings (SSSR count). The van der Waals surface area contributed by atoms with Gasteiger partial charge < -0.3 is 5.11 Å². The predicted octanol–water partition coefficient (Wildman–Crippen LogP) is 3.39. The van der Waals surface area contributed by atoms with Gasteiger partial charge >= 0.3 is 5.97 Å². The third-order valence-electron chi connectivity index (χ3n) is 1.99. The summed E-state index contributed by atoms with van der Waals surface area (Å²) in [6.07, 6.45) is 0. The fourth-order valence-electron chi connectivity index (χ4n) is 1.25. The van der Waals surface area contributed by atoms with Crippen LogP contribution in [0.2, 0.25) is 4.34 Å². The van der Waals surface area contributed by atoms with Gasteiger partial charge in [0.25, 0.3) is 0 Å². The molecule has 0 saturated heterocycles. The summed E-state index contributed by atoms with van der Waals surface area (Å²) >= 11 is 7.29. The van der Waals surface area contributed by atoms with Crippen LogP contribution < -0.4 is 0 Å². The van der Waals surface area contributed by atoms with Crippen LogP contribution in [0.5, 0.6) is 0 Å². The Labute approximate surface area is 124 Å². The smallest absolute Gasteiger partial charge is 0.335 e. The van der Waals surface area contributed by atoms with Gasteiger partial charge in [0.15, 0.2) is 0 Å². The van der Waals surface area contributed by atoms with Crippen LogP contribution in [-0.4, -0.2) is 40.6 Å². The zero-order valence-corrected chi connectivity index (χ0v) is 12.2. The van der Waals surface area contributed by atoms with Crippen LogP contribution in [-0.2, 0) is 0 Å². The zero-order valence-electron chi connectivity index (χ0n) is 8.61. The number of carboxylic acids is 1. The van der Waals surface area contributed by atoms with E-state index in [1.807, 2.05) is 12.1 Å². The number of halogens is 1. The van der Waals surface area contributed by atoms with Crippen LogP contribution in [0.15, 0.2) is 36.4 Å². The fraction of sp³-hybridized carbons (Fsp3) is 0. The number of rotatable bonds is 2. The first-order valence-electron chi connectivity index (χ1n) is 4.26. The number of carboxylic acid groups (broad SMARTS) is 1. The van der Waals surface area contributed by atoms with Gasteiger partial charge in [-0.3, -0.25) is 0 Å². The van der Waals surface area contributed by atoms with Crippen molar-refractivity contribution in [1.82, 2.24) is 0 Å². The predicted molar refractivity (Wildman–Crippen MR) is 67.5 cm³/mol. The molecule has 16 heavy (non-hydrogen) atoms. The molecular weight excluding hydrogens is 255 g/mol. The van der Waals surface area contributed by atoms with Gasteiger partial charge in [-0.25, -0.2) is 4.79 Å². The fourth-order valence-corrected chi connectivity index (χ4v) is 2.30. The molecule has 77 valence electrons. The van der Waals surface area contributed by atoms with Crippen molar-refractivity contribution in [2.75, 3.05) is 0 Å². The molecule has 2 aromatic rings. The van der Waals surface area contributed by atoms with E-state index in [2.05, 4.69) is 0 Å².